The van der Waals surface area contributed by atoms with Gasteiger partial charge in [-0.1, -0.05) is 6.07 Å². The monoisotopic (exact) mass is 371 g/mol. The number of ether oxygens (including phenoxy) is 2. The van der Waals surface area contributed by atoms with Gasteiger partial charge < -0.3 is 20.1 Å². The van der Waals surface area contributed by atoms with Crippen molar-refractivity contribution in [2.24, 2.45) is 0 Å². The van der Waals surface area contributed by atoms with Crippen LogP contribution in [0.4, 0.5) is 11.4 Å². The number of carbonyl (C=O) groups is 1. The summed E-state index contributed by atoms with van der Waals surface area (Å²) in [7, 11) is 3.13. The Morgan fingerprint density at radius 2 is 1.93 bits per heavy atom. The van der Waals surface area contributed by atoms with E-state index in [0.29, 0.717) is 18.0 Å². The predicted molar refractivity (Wildman–Crippen MR) is 100 cm³/mol. The summed E-state index contributed by atoms with van der Waals surface area (Å²) >= 11 is 0. The fraction of sp³-hybridized carbons (Fsp3) is 0.316. The first-order valence-corrected chi connectivity index (χ1v) is 8.53. The summed E-state index contributed by atoms with van der Waals surface area (Å²) in [5.41, 5.74) is 6.59. The van der Waals surface area contributed by atoms with E-state index in [1.807, 2.05) is 18.2 Å². The van der Waals surface area contributed by atoms with Crippen LogP contribution >= 0.6 is 0 Å². The molecule has 2 aromatic rings. The highest BCUT2D eigenvalue weighted by Gasteiger charge is 2.32. The van der Waals surface area contributed by atoms with E-state index < -0.39 is 4.92 Å². The Balaban J connectivity index is 1.91. The molecule has 0 aliphatic carbocycles. The van der Waals surface area contributed by atoms with Gasteiger partial charge >= 0.3 is 0 Å². The summed E-state index contributed by atoms with van der Waals surface area (Å²) in [5.74, 6) is 0.957. The molecule has 0 aromatic heterocycles. The molecule has 2 aromatic carbocycles. The molecule has 1 atom stereocenters. The molecule has 0 saturated carbocycles. The number of nitrogens with two attached hydrogens (primary N) is 1. The van der Waals surface area contributed by atoms with Crippen LogP contribution in [-0.2, 0) is 0 Å². The van der Waals surface area contributed by atoms with Gasteiger partial charge in [0.25, 0.3) is 11.6 Å². The molecule has 1 saturated heterocycles. The van der Waals surface area contributed by atoms with Crippen molar-refractivity contribution in [3.63, 3.8) is 0 Å². The van der Waals surface area contributed by atoms with Gasteiger partial charge in [-0.3, -0.25) is 14.9 Å². The number of methoxy groups -OCH3 is 2. The second-order valence-corrected chi connectivity index (χ2v) is 6.30. The number of hydrogen-bond donors (Lipinski definition) is 1. The summed E-state index contributed by atoms with van der Waals surface area (Å²) in [6, 6.07) is 9.60. The zero-order valence-corrected chi connectivity index (χ0v) is 15.2. The van der Waals surface area contributed by atoms with Crippen LogP contribution in [0.2, 0.25) is 0 Å². The maximum absolute atomic E-state index is 13.0. The fourth-order valence-corrected chi connectivity index (χ4v) is 3.42. The fourth-order valence-electron chi connectivity index (χ4n) is 3.42. The first kappa shape index (κ1) is 18.5. The number of rotatable bonds is 5. The zero-order chi connectivity index (χ0) is 19.6. The minimum atomic E-state index is -0.581. The van der Waals surface area contributed by atoms with Crippen LogP contribution in [0.1, 0.15) is 34.8 Å². The highest BCUT2D eigenvalue weighted by molar-refractivity contribution is 5.96. The number of likely N-dealkylation sites (tertiary alicyclic amines) is 1. The second-order valence-electron chi connectivity index (χ2n) is 6.30. The molecule has 1 aliphatic rings. The predicted octanol–water partition coefficient (Wildman–Crippen LogP) is 3.17. The van der Waals surface area contributed by atoms with Crippen LogP contribution in [0.25, 0.3) is 0 Å². The van der Waals surface area contributed by atoms with Gasteiger partial charge in [0.05, 0.1) is 25.2 Å². The molecule has 1 fully saturated rings. The summed E-state index contributed by atoms with van der Waals surface area (Å²) < 4.78 is 10.6. The van der Waals surface area contributed by atoms with Gasteiger partial charge in [0.2, 0.25) is 0 Å². The van der Waals surface area contributed by atoms with Crippen LogP contribution in [0.5, 0.6) is 11.5 Å². The number of nitrogens with zero attached hydrogens (tertiary/aromatic N) is 2. The lowest BCUT2D eigenvalue weighted by Gasteiger charge is -2.26. The van der Waals surface area contributed by atoms with E-state index in [9.17, 15) is 14.9 Å². The average Bonchev–Trinajstić information content (AvgIpc) is 3.16. The second kappa shape index (κ2) is 7.53. The van der Waals surface area contributed by atoms with E-state index in [4.69, 9.17) is 15.2 Å². The quantitative estimate of drug-likeness (QED) is 0.491. The lowest BCUT2D eigenvalue weighted by molar-refractivity contribution is -0.383. The minimum Gasteiger partial charge on any atom is -0.493 e. The minimum absolute atomic E-state index is 0.0365. The van der Waals surface area contributed by atoms with Gasteiger partial charge in [-0.05, 0) is 42.7 Å². The average molecular weight is 371 g/mol. The molecule has 27 heavy (non-hydrogen) atoms. The molecule has 1 amide bonds. The molecule has 3 rings (SSSR count). The Bertz CT molecular complexity index is 884. The van der Waals surface area contributed by atoms with E-state index >= 15 is 0 Å². The van der Waals surface area contributed by atoms with Gasteiger partial charge in [-0.2, -0.15) is 0 Å². The van der Waals surface area contributed by atoms with Crippen LogP contribution in [0.15, 0.2) is 36.4 Å². The topological polar surface area (TPSA) is 108 Å². The van der Waals surface area contributed by atoms with Gasteiger partial charge in [-0.25, -0.2) is 0 Å². The van der Waals surface area contributed by atoms with Crippen molar-refractivity contribution in [2.75, 3.05) is 26.5 Å². The molecule has 8 heteroatoms. The number of benzene rings is 2. The third-order valence-corrected chi connectivity index (χ3v) is 4.78. The van der Waals surface area contributed by atoms with E-state index in [-0.39, 0.29) is 28.9 Å². The van der Waals surface area contributed by atoms with Crippen molar-refractivity contribution in [1.82, 2.24) is 4.90 Å². The lowest BCUT2D eigenvalue weighted by atomic mass is 10.0. The van der Waals surface area contributed by atoms with Crippen molar-refractivity contribution in [2.45, 2.75) is 18.9 Å². The summed E-state index contributed by atoms with van der Waals surface area (Å²) in [6.07, 6.45) is 1.65. The SMILES string of the molecule is COc1ccc(C2CCCN2C(=O)c2ccc(N)c([N+](=O)[O-])c2)cc1OC. The highest BCUT2D eigenvalue weighted by Crippen LogP contribution is 2.38. The van der Waals surface area contributed by atoms with Crippen molar-refractivity contribution in [1.29, 1.82) is 0 Å². The molecule has 1 unspecified atom stereocenters. The largest absolute Gasteiger partial charge is 0.493 e. The highest BCUT2D eigenvalue weighted by atomic mass is 16.6. The van der Waals surface area contributed by atoms with Crippen molar-refractivity contribution in [3.05, 3.63) is 57.6 Å². The number of nitrogen functional groups attached to an aromatic ring is 1. The van der Waals surface area contributed by atoms with Crippen molar-refractivity contribution in [3.8, 4) is 11.5 Å². The molecule has 2 N–H and O–H groups in total. The molecule has 1 aliphatic heterocycles. The van der Waals surface area contributed by atoms with E-state index in [1.54, 1.807) is 19.1 Å². The number of hydrogen-bond acceptors (Lipinski definition) is 6. The van der Waals surface area contributed by atoms with Gasteiger partial charge in [0.15, 0.2) is 11.5 Å². The molecular weight excluding hydrogens is 350 g/mol. The Hall–Kier alpha value is -3.29. The Morgan fingerprint density at radius 3 is 2.59 bits per heavy atom. The molecule has 1 heterocycles. The van der Waals surface area contributed by atoms with Crippen LogP contribution < -0.4 is 15.2 Å². The number of carbonyl (C=O) groups excluding carboxylic acids is 1. The van der Waals surface area contributed by atoms with Gasteiger partial charge in [0, 0.05) is 18.2 Å². The summed E-state index contributed by atoms with van der Waals surface area (Å²) in [4.78, 5) is 25.3. The van der Waals surface area contributed by atoms with E-state index in [0.717, 1.165) is 18.4 Å². The summed E-state index contributed by atoms with van der Waals surface area (Å²) in [6.45, 7) is 0.579. The smallest absolute Gasteiger partial charge is 0.292 e. The van der Waals surface area contributed by atoms with Crippen LogP contribution in [0, 0.1) is 10.1 Å². The van der Waals surface area contributed by atoms with E-state index in [2.05, 4.69) is 0 Å². The van der Waals surface area contributed by atoms with Crippen LogP contribution in [-0.4, -0.2) is 36.5 Å². The molecule has 0 radical (unpaired) electrons. The Labute approximate surface area is 156 Å². The summed E-state index contributed by atoms with van der Waals surface area (Å²) in [5, 5.41) is 11.1. The first-order chi connectivity index (χ1) is 13.0. The Kier molecular flexibility index (Phi) is 5.16. The molecule has 0 bridgehead atoms. The van der Waals surface area contributed by atoms with Gasteiger partial charge in [0.1, 0.15) is 5.69 Å². The number of amides is 1. The first-order valence-electron chi connectivity index (χ1n) is 8.53. The molecule has 0 spiro atoms. The standard InChI is InChI=1S/C19H21N3O5/c1-26-17-8-6-12(11-18(17)27-2)15-4-3-9-21(15)19(23)13-5-7-14(20)16(10-13)22(24)25/h5-8,10-11,15H,3-4,9,20H2,1-2H3. The normalized spacial score (nSPS) is 16.2. The molecular formula is C19H21N3O5. The number of nitro benzene ring substituents is 1. The number of nitro groups is 1. The lowest BCUT2D eigenvalue weighted by Crippen LogP contribution is -2.30. The van der Waals surface area contributed by atoms with Crippen molar-refractivity contribution < 1.29 is 19.2 Å². The third-order valence-electron chi connectivity index (χ3n) is 4.78. The number of anilines is 1. The Morgan fingerprint density at radius 1 is 1.19 bits per heavy atom. The molecule has 142 valence electrons. The third kappa shape index (κ3) is 3.51. The van der Waals surface area contributed by atoms with Crippen LogP contribution in [0.3, 0.4) is 0 Å². The van der Waals surface area contributed by atoms with Gasteiger partial charge in [-0.15, -0.1) is 0 Å². The van der Waals surface area contributed by atoms with E-state index in [1.165, 1.54) is 18.2 Å². The zero-order valence-electron chi connectivity index (χ0n) is 15.2. The maximum Gasteiger partial charge on any atom is 0.292 e. The van der Waals surface area contributed by atoms with Crippen molar-refractivity contribution >= 4 is 17.3 Å². The maximum atomic E-state index is 13.0. The molecule has 8 nitrogen and oxygen atoms in total.